The van der Waals surface area contributed by atoms with Crippen molar-refractivity contribution < 1.29 is 27.5 Å². The molecule has 1 atom stereocenters. The summed E-state index contributed by atoms with van der Waals surface area (Å²) in [5, 5.41) is 5.58. The van der Waals surface area contributed by atoms with Gasteiger partial charge in [0.25, 0.3) is 5.91 Å². The molecule has 36 heavy (non-hydrogen) atoms. The molecule has 190 valence electrons. The molecule has 0 fully saturated rings. The summed E-state index contributed by atoms with van der Waals surface area (Å²) < 4.78 is 36.6. The molecule has 0 aromatic heterocycles. The molecule has 0 radical (unpaired) electrons. The van der Waals surface area contributed by atoms with Gasteiger partial charge in [-0.1, -0.05) is 42.5 Å². The Balaban J connectivity index is 1.82. The van der Waals surface area contributed by atoms with Crippen LogP contribution in [0.25, 0.3) is 0 Å². The van der Waals surface area contributed by atoms with Gasteiger partial charge in [0.05, 0.1) is 43.5 Å². The van der Waals surface area contributed by atoms with Crippen LogP contribution in [-0.4, -0.2) is 47.3 Å². The molecule has 0 aliphatic carbocycles. The number of nitrogens with zero attached hydrogens (tertiary/aromatic N) is 1. The van der Waals surface area contributed by atoms with Crippen LogP contribution in [0.4, 0.5) is 11.4 Å². The first kappa shape index (κ1) is 26.6. The molecule has 9 nitrogen and oxygen atoms in total. The fourth-order valence-corrected chi connectivity index (χ4v) is 4.43. The van der Waals surface area contributed by atoms with Crippen molar-refractivity contribution in [2.24, 2.45) is 0 Å². The van der Waals surface area contributed by atoms with Gasteiger partial charge in [-0.05, 0) is 36.8 Å². The topological polar surface area (TPSA) is 114 Å². The molecule has 0 bridgehead atoms. The molecule has 0 saturated heterocycles. The number of nitrogens with one attached hydrogen (secondary N) is 2. The van der Waals surface area contributed by atoms with E-state index in [9.17, 15) is 18.0 Å². The number of amides is 2. The van der Waals surface area contributed by atoms with Crippen LogP contribution in [0, 0.1) is 0 Å². The van der Waals surface area contributed by atoms with Gasteiger partial charge < -0.3 is 20.1 Å². The van der Waals surface area contributed by atoms with Crippen molar-refractivity contribution in [1.82, 2.24) is 5.32 Å². The molecule has 3 aromatic rings. The summed E-state index contributed by atoms with van der Waals surface area (Å²) in [4.78, 5) is 26.0. The number of anilines is 2. The van der Waals surface area contributed by atoms with E-state index in [4.69, 9.17) is 9.47 Å². The van der Waals surface area contributed by atoms with E-state index < -0.39 is 22.5 Å². The lowest BCUT2D eigenvalue weighted by atomic mass is 10.1. The summed E-state index contributed by atoms with van der Waals surface area (Å²) in [6.07, 6.45) is 0.992. The summed E-state index contributed by atoms with van der Waals surface area (Å²) in [6.45, 7) is 1.32. The highest BCUT2D eigenvalue weighted by molar-refractivity contribution is 7.92. The maximum absolute atomic E-state index is 13.0. The van der Waals surface area contributed by atoms with Crippen LogP contribution in [0.5, 0.6) is 11.5 Å². The first-order valence-electron chi connectivity index (χ1n) is 11.1. The molecular weight excluding hydrogens is 482 g/mol. The van der Waals surface area contributed by atoms with E-state index in [2.05, 4.69) is 10.6 Å². The average Bonchev–Trinajstić information content (AvgIpc) is 2.87. The predicted octanol–water partition coefficient (Wildman–Crippen LogP) is 3.60. The van der Waals surface area contributed by atoms with E-state index >= 15 is 0 Å². The van der Waals surface area contributed by atoms with Gasteiger partial charge in [0.2, 0.25) is 15.9 Å². The number of methoxy groups -OCH3 is 2. The Bertz CT molecular complexity index is 1330. The summed E-state index contributed by atoms with van der Waals surface area (Å²) in [7, 11) is -1.03. The van der Waals surface area contributed by atoms with Gasteiger partial charge in [-0.2, -0.15) is 0 Å². The van der Waals surface area contributed by atoms with Gasteiger partial charge in [0, 0.05) is 6.07 Å². The number of carbonyl (C=O) groups excluding carboxylic acids is 2. The number of rotatable bonds is 10. The van der Waals surface area contributed by atoms with Crippen molar-refractivity contribution in [3.05, 3.63) is 83.9 Å². The summed E-state index contributed by atoms with van der Waals surface area (Å²) in [6, 6.07) is 20.4. The van der Waals surface area contributed by atoms with Gasteiger partial charge in [0.15, 0.2) is 0 Å². The van der Waals surface area contributed by atoms with Crippen LogP contribution < -0.4 is 24.4 Å². The number of hydrogen-bond acceptors (Lipinski definition) is 6. The lowest BCUT2D eigenvalue weighted by molar-refractivity contribution is -0.114. The van der Waals surface area contributed by atoms with Crippen LogP contribution >= 0.6 is 0 Å². The first-order valence-corrected chi connectivity index (χ1v) is 12.9. The van der Waals surface area contributed by atoms with Crippen LogP contribution in [-0.2, 0) is 14.8 Å². The fraction of sp³-hybridized carbons (Fsp3) is 0.231. The standard InChI is InChI=1S/C26H29N3O6S/c1-18(19-10-6-5-7-11-19)27-26(31)21-12-8-9-13-22(21)28-25(30)17-29(36(4,32)33)23-16-20(34-2)14-15-24(23)35-3/h5-16,18H,17H2,1-4H3,(H,27,31)(H,28,30)/t18-/m0/s1. The Kier molecular flexibility index (Phi) is 8.55. The fourth-order valence-electron chi connectivity index (χ4n) is 3.58. The summed E-state index contributed by atoms with van der Waals surface area (Å²) in [5.41, 5.74) is 1.59. The molecule has 2 amide bonds. The second kappa shape index (κ2) is 11.6. The Hall–Kier alpha value is -4.05. The lowest BCUT2D eigenvalue weighted by Gasteiger charge is -2.24. The Labute approximate surface area is 211 Å². The van der Waals surface area contributed by atoms with Gasteiger partial charge in [-0.15, -0.1) is 0 Å². The smallest absolute Gasteiger partial charge is 0.253 e. The third-order valence-electron chi connectivity index (χ3n) is 5.44. The number of carbonyl (C=O) groups is 2. The number of sulfonamides is 1. The maximum atomic E-state index is 13.0. The minimum Gasteiger partial charge on any atom is -0.497 e. The van der Waals surface area contributed by atoms with Crippen molar-refractivity contribution in [2.45, 2.75) is 13.0 Å². The van der Waals surface area contributed by atoms with E-state index in [1.807, 2.05) is 37.3 Å². The number of benzene rings is 3. The zero-order valence-electron chi connectivity index (χ0n) is 20.5. The van der Waals surface area contributed by atoms with E-state index in [-0.39, 0.29) is 34.6 Å². The predicted molar refractivity (Wildman–Crippen MR) is 139 cm³/mol. The number of ether oxygens (including phenoxy) is 2. The second-order valence-electron chi connectivity index (χ2n) is 8.01. The highest BCUT2D eigenvalue weighted by Gasteiger charge is 2.25. The van der Waals surface area contributed by atoms with Crippen molar-refractivity contribution in [3.8, 4) is 11.5 Å². The number of hydrogen-bond donors (Lipinski definition) is 2. The van der Waals surface area contributed by atoms with Gasteiger partial charge in [0.1, 0.15) is 18.0 Å². The van der Waals surface area contributed by atoms with Gasteiger partial charge >= 0.3 is 0 Å². The van der Waals surface area contributed by atoms with E-state index in [0.29, 0.717) is 5.75 Å². The molecular formula is C26H29N3O6S. The normalized spacial score (nSPS) is 11.8. The van der Waals surface area contributed by atoms with Gasteiger partial charge in [-0.25, -0.2) is 8.42 Å². The van der Waals surface area contributed by atoms with Crippen molar-refractivity contribution >= 4 is 33.2 Å². The van der Waals surface area contributed by atoms with Crippen molar-refractivity contribution in [3.63, 3.8) is 0 Å². The summed E-state index contributed by atoms with van der Waals surface area (Å²) >= 11 is 0. The average molecular weight is 512 g/mol. The SMILES string of the molecule is COc1ccc(OC)c(N(CC(=O)Nc2ccccc2C(=O)N[C@@H](C)c2ccccc2)S(C)(=O)=O)c1. The third kappa shape index (κ3) is 6.54. The molecule has 0 unspecified atom stereocenters. The van der Waals surface area contributed by atoms with Crippen LogP contribution in [0.3, 0.4) is 0 Å². The molecule has 0 spiro atoms. The highest BCUT2D eigenvalue weighted by Crippen LogP contribution is 2.33. The van der Waals surface area contributed by atoms with Crippen LogP contribution in [0.2, 0.25) is 0 Å². The third-order valence-corrected chi connectivity index (χ3v) is 6.56. The molecule has 0 aliphatic heterocycles. The zero-order chi connectivity index (χ0) is 26.3. The highest BCUT2D eigenvalue weighted by atomic mass is 32.2. The maximum Gasteiger partial charge on any atom is 0.253 e. The molecule has 3 rings (SSSR count). The largest absolute Gasteiger partial charge is 0.497 e. The zero-order valence-corrected chi connectivity index (χ0v) is 21.3. The van der Waals surface area contributed by atoms with Crippen molar-refractivity contribution in [2.75, 3.05) is 36.6 Å². The van der Waals surface area contributed by atoms with E-state index in [1.54, 1.807) is 36.4 Å². The Morgan fingerprint density at radius 2 is 1.61 bits per heavy atom. The molecule has 0 aliphatic rings. The van der Waals surface area contributed by atoms with Crippen LogP contribution in [0.15, 0.2) is 72.8 Å². The van der Waals surface area contributed by atoms with E-state index in [0.717, 1.165) is 16.1 Å². The molecule has 2 N–H and O–H groups in total. The van der Waals surface area contributed by atoms with Gasteiger partial charge in [-0.3, -0.25) is 13.9 Å². The minimum atomic E-state index is -3.88. The monoisotopic (exact) mass is 511 g/mol. The quantitative estimate of drug-likeness (QED) is 0.430. The minimum absolute atomic E-state index is 0.150. The number of para-hydroxylation sites is 1. The molecule has 10 heteroatoms. The van der Waals surface area contributed by atoms with E-state index in [1.165, 1.54) is 20.3 Å². The van der Waals surface area contributed by atoms with Crippen LogP contribution in [0.1, 0.15) is 28.9 Å². The van der Waals surface area contributed by atoms with Crippen molar-refractivity contribution in [1.29, 1.82) is 0 Å². The Morgan fingerprint density at radius 1 is 0.944 bits per heavy atom. The second-order valence-corrected chi connectivity index (χ2v) is 9.91. The lowest BCUT2D eigenvalue weighted by Crippen LogP contribution is -2.38. The molecule has 0 saturated carbocycles. The summed E-state index contributed by atoms with van der Waals surface area (Å²) in [5.74, 6) is -0.364. The molecule has 0 heterocycles. The Morgan fingerprint density at radius 3 is 2.25 bits per heavy atom. The molecule has 3 aromatic carbocycles. The first-order chi connectivity index (χ1) is 17.1.